The van der Waals surface area contributed by atoms with Gasteiger partial charge >= 0.3 is 0 Å². The molecule has 0 aromatic rings. The molecule has 3 heteroatoms. The molecule has 1 rings (SSSR count). The van der Waals surface area contributed by atoms with Gasteiger partial charge in [-0.2, -0.15) is 0 Å². The third kappa shape index (κ3) is 1.56. The molecule has 0 aromatic heterocycles. The minimum Gasteiger partial charge on any atom is -0.312 e. The number of hydrogen-bond donors (Lipinski definition) is 1. The lowest BCUT2D eigenvalue weighted by Gasteiger charge is -2.18. The Bertz CT molecular complexity index is 105. The van der Waals surface area contributed by atoms with E-state index in [9.17, 15) is 4.21 Å². The zero-order valence-corrected chi connectivity index (χ0v) is 5.83. The molecule has 1 aliphatic rings. The van der Waals surface area contributed by atoms with E-state index in [-0.39, 0.29) is 0 Å². The highest BCUT2D eigenvalue weighted by molar-refractivity contribution is 7.85. The van der Waals surface area contributed by atoms with E-state index in [1.54, 1.807) is 0 Å². The summed E-state index contributed by atoms with van der Waals surface area (Å²) in [6.07, 6.45) is 0. The molecule has 1 unspecified atom stereocenters. The van der Waals surface area contributed by atoms with Crippen LogP contribution in [0.1, 0.15) is 6.92 Å². The average Bonchev–Trinajstić information content (AvgIpc) is 1.64. The molecule has 0 bridgehead atoms. The van der Waals surface area contributed by atoms with Gasteiger partial charge in [-0.3, -0.25) is 4.21 Å². The van der Waals surface area contributed by atoms with Crippen LogP contribution in [-0.2, 0) is 10.8 Å². The summed E-state index contributed by atoms with van der Waals surface area (Å²) in [5.41, 5.74) is 0. The third-order valence-corrected chi connectivity index (χ3v) is 2.79. The lowest BCUT2D eigenvalue weighted by atomic mass is 10.4. The highest BCUT2D eigenvalue weighted by atomic mass is 32.2. The van der Waals surface area contributed by atoms with Crippen molar-refractivity contribution in [2.24, 2.45) is 0 Å². The second-order valence-corrected chi connectivity index (χ2v) is 3.79. The van der Waals surface area contributed by atoms with E-state index in [1.807, 2.05) is 0 Å². The molecule has 48 valence electrons. The fourth-order valence-electron chi connectivity index (χ4n) is 0.840. The maximum Gasteiger partial charge on any atom is 0.0386 e. The average molecular weight is 133 g/mol. The first-order valence-electron chi connectivity index (χ1n) is 2.87. The molecular weight excluding hydrogens is 122 g/mol. The number of hydrogen-bond acceptors (Lipinski definition) is 2. The van der Waals surface area contributed by atoms with Crippen LogP contribution in [0.4, 0.5) is 0 Å². The Balaban J connectivity index is 2.34. The van der Waals surface area contributed by atoms with Crippen LogP contribution in [0.5, 0.6) is 0 Å². The van der Waals surface area contributed by atoms with Crippen LogP contribution in [0.25, 0.3) is 0 Å². The van der Waals surface area contributed by atoms with Gasteiger partial charge in [0.05, 0.1) is 0 Å². The molecular formula is C5H11NOS. The molecule has 1 N–H and O–H groups in total. The molecule has 0 radical (unpaired) electrons. The van der Waals surface area contributed by atoms with Crippen molar-refractivity contribution in [3.05, 3.63) is 0 Å². The highest BCUT2D eigenvalue weighted by Crippen LogP contribution is 1.93. The summed E-state index contributed by atoms with van der Waals surface area (Å²) in [5, 5.41) is 3.22. The molecule has 0 saturated carbocycles. The van der Waals surface area contributed by atoms with Gasteiger partial charge < -0.3 is 5.32 Å². The molecule has 1 heterocycles. The first-order valence-corrected chi connectivity index (χ1v) is 4.36. The molecule has 0 aliphatic carbocycles. The van der Waals surface area contributed by atoms with Crippen molar-refractivity contribution in [2.45, 2.75) is 13.0 Å². The normalized spacial score (nSPS) is 39.6. The van der Waals surface area contributed by atoms with Crippen LogP contribution in [0.15, 0.2) is 0 Å². The highest BCUT2D eigenvalue weighted by Gasteiger charge is 2.11. The standard InChI is InChI=1S/C5H11NOS/c1-5-4-8(7)3-2-6-5/h5-6H,2-4H2,1H3/t5-,8?/m1/s1. The first kappa shape index (κ1) is 6.23. The lowest BCUT2D eigenvalue weighted by Crippen LogP contribution is -2.40. The largest absolute Gasteiger partial charge is 0.312 e. The van der Waals surface area contributed by atoms with Crippen LogP contribution in [-0.4, -0.2) is 28.3 Å². The molecule has 0 aromatic carbocycles. The van der Waals surface area contributed by atoms with Crippen molar-refractivity contribution in [3.63, 3.8) is 0 Å². The smallest absolute Gasteiger partial charge is 0.0386 e. The van der Waals surface area contributed by atoms with E-state index in [2.05, 4.69) is 12.2 Å². The van der Waals surface area contributed by atoms with E-state index in [4.69, 9.17) is 0 Å². The van der Waals surface area contributed by atoms with E-state index < -0.39 is 10.8 Å². The topological polar surface area (TPSA) is 29.1 Å². The van der Waals surface area contributed by atoms with Gasteiger partial charge in [0, 0.05) is 34.9 Å². The molecule has 2 atom stereocenters. The number of nitrogens with one attached hydrogen (secondary N) is 1. The van der Waals surface area contributed by atoms with E-state index in [0.717, 1.165) is 18.1 Å². The molecule has 2 nitrogen and oxygen atoms in total. The van der Waals surface area contributed by atoms with Gasteiger partial charge in [0.15, 0.2) is 0 Å². The van der Waals surface area contributed by atoms with Crippen molar-refractivity contribution in [1.82, 2.24) is 5.32 Å². The Labute approximate surface area is 52.1 Å². The molecule has 0 spiro atoms. The predicted molar refractivity (Wildman–Crippen MR) is 35.3 cm³/mol. The zero-order chi connectivity index (χ0) is 5.98. The van der Waals surface area contributed by atoms with E-state index in [1.165, 1.54) is 0 Å². The quantitative estimate of drug-likeness (QED) is 0.493. The maximum atomic E-state index is 10.7. The summed E-state index contributed by atoms with van der Waals surface area (Å²) in [6, 6.07) is 0.463. The van der Waals surface area contributed by atoms with Crippen LogP contribution in [0, 0.1) is 0 Å². The Kier molecular flexibility index (Phi) is 2.02. The monoisotopic (exact) mass is 133 g/mol. The summed E-state index contributed by atoms with van der Waals surface area (Å²) in [5.74, 6) is 1.67. The molecule has 8 heavy (non-hydrogen) atoms. The molecule has 1 aliphatic heterocycles. The minimum absolute atomic E-state index is 0.463. The van der Waals surface area contributed by atoms with Gasteiger partial charge in [-0.25, -0.2) is 0 Å². The fraction of sp³-hybridized carbons (Fsp3) is 1.00. The van der Waals surface area contributed by atoms with Gasteiger partial charge in [-0.15, -0.1) is 0 Å². The predicted octanol–water partition coefficient (Wildman–Crippen LogP) is -0.273. The summed E-state index contributed by atoms with van der Waals surface area (Å²) >= 11 is 0. The molecule has 1 fully saturated rings. The third-order valence-electron chi connectivity index (χ3n) is 1.26. The molecule has 0 amide bonds. The van der Waals surface area contributed by atoms with Gasteiger partial charge in [0.1, 0.15) is 0 Å². The molecule has 1 saturated heterocycles. The van der Waals surface area contributed by atoms with Crippen LogP contribution in [0.2, 0.25) is 0 Å². The Morgan fingerprint density at radius 1 is 1.75 bits per heavy atom. The maximum absolute atomic E-state index is 10.7. The second-order valence-electron chi connectivity index (χ2n) is 2.17. The van der Waals surface area contributed by atoms with Crippen LogP contribution < -0.4 is 5.32 Å². The van der Waals surface area contributed by atoms with Crippen LogP contribution in [0.3, 0.4) is 0 Å². The SMILES string of the molecule is C[C@@H]1CS(=O)CCN1. The van der Waals surface area contributed by atoms with Crippen molar-refractivity contribution < 1.29 is 4.21 Å². The summed E-state index contributed by atoms with van der Waals surface area (Å²) in [4.78, 5) is 0. The zero-order valence-electron chi connectivity index (χ0n) is 5.02. The van der Waals surface area contributed by atoms with Gasteiger partial charge in [0.25, 0.3) is 0 Å². The van der Waals surface area contributed by atoms with E-state index >= 15 is 0 Å². The van der Waals surface area contributed by atoms with Crippen molar-refractivity contribution in [3.8, 4) is 0 Å². The number of rotatable bonds is 0. The minimum atomic E-state index is -0.533. The summed E-state index contributed by atoms with van der Waals surface area (Å²) in [7, 11) is -0.533. The Morgan fingerprint density at radius 3 is 2.88 bits per heavy atom. The Hall–Kier alpha value is 0.110. The van der Waals surface area contributed by atoms with E-state index in [0.29, 0.717) is 6.04 Å². The Morgan fingerprint density at radius 2 is 2.50 bits per heavy atom. The first-order chi connectivity index (χ1) is 3.79. The van der Waals surface area contributed by atoms with Crippen molar-refractivity contribution in [1.29, 1.82) is 0 Å². The van der Waals surface area contributed by atoms with Crippen LogP contribution >= 0.6 is 0 Å². The van der Waals surface area contributed by atoms with Gasteiger partial charge in [-0.1, -0.05) is 0 Å². The van der Waals surface area contributed by atoms with Gasteiger partial charge in [0.2, 0.25) is 0 Å². The van der Waals surface area contributed by atoms with Crippen molar-refractivity contribution >= 4 is 10.8 Å². The van der Waals surface area contributed by atoms with Crippen molar-refractivity contribution in [2.75, 3.05) is 18.1 Å². The lowest BCUT2D eigenvalue weighted by molar-refractivity contribution is 0.584. The summed E-state index contributed by atoms with van der Waals surface area (Å²) in [6.45, 7) is 2.99. The van der Waals surface area contributed by atoms with Gasteiger partial charge in [-0.05, 0) is 6.92 Å². The fourth-order valence-corrected chi connectivity index (χ4v) is 2.03. The summed E-state index contributed by atoms with van der Waals surface area (Å²) < 4.78 is 10.7. The second kappa shape index (κ2) is 2.60.